The van der Waals surface area contributed by atoms with Gasteiger partial charge >= 0.3 is 0 Å². The number of nitrogens with zero attached hydrogens (tertiary/aromatic N) is 1. The van der Waals surface area contributed by atoms with Crippen LogP contribution in [0.5, 0.6) is 0 Å². The van der Waals surface area contributed by atoms with Crippen molar-refractivity contribution < 1.29 is 9.59 Å². The molecule has 1 aliphatic rings. The molecule has 0 spiro atoms. The normalized spacial score (nSPS) is 13.5. The molecule has 4 heteroatoms. The highest BCUT2D eigenvalue weighted by molar-refractivity contribution is 6.07. The van der Waals surface area contributed by atoms with Gasteiger partial charge in [0.2, 0.25) is 0 Å². The van der Waals surface area contributed by atoms with Crippen LogP contribution in [0.3, 0.4) is 0 Å². The van der Waals surface area contributed by atoms with Crippen molar-refractivity contribution in [1.82, 2.24) is 5.32 Å². The Labute approximate surface area is 148 Å². The highest BCUT2D eigenvalue weighted by Crippen LogP contribution is 2.28. The first-order valence-corrected chi connectivity index (χ1v) is 8.84. The lowest BCUT2D eigenvalue weighted by molar-refractivity contribution is 0.0945. The third-order valence-corrected chi connectivity index (χ3v) is 4.42. The highest BCUT2D eigenvalue weighted by Gasteiger charge is 2.23. The maximum atomic E-state index is 12.9. The van der Waals surface area contributed by atoms with Gasteiger partial charge in [-0.05, 0) is 54.7 Å². The minimum atomic E-state index is -0.101. The summed E-state index contributed by atoms with van der Waals surface area (Å²) in [5, 5.41) is 2.89. The Balaban J connectivity index is 1.75. The fourth-order valence-corrected chi connectivity index (χ4v) is 3.06. The highest BCUT2D eigenvalue weighted by atomic mass is 16.2. The second kappa shape index (κ2) is 7.51. The zero-order valence-corrected chi connectivity index (χ0v) is 14.8. The first-order valence-electron chi connectivity index (χ1n) is 8.84. The Bertz CT molecular complexity index is 766. The molecule has 0 saturated carbocycles. The summed E-state index contributed by atoms with van der Waals surface area (Å²) < 4.78 is 0. The maximum Gasteiger partial charge on any atom is 0.258 e. The maximum absolute atomic E-state index is 12.9. The van der Waals surface area contributed by atoms with Gasteiger partial charge in [0.25, 0.3) is 11.8 Å². The number of hydrogen-bond donors (Lipinski definition) is 1. The van der Waals surface area contributed by atoms with Gasteiger partial charge in [-0.3, -0.25) is 9.59 Å². The Morgan fingerprint density at radius 1 is 1.04 bits per heavy atom. The number of nitrogens with one attached hydrogen (secondary N) is 1. The molecule has 0 radical (unpaired) electrons. The van der Waals surface area contributed by atoms with E-state index in [1.807, 2.05) is 23.1 Å². The Hall–Kier alpha value is -2.62. The van der Waals surface area contributed by atoms with Crippen molar-refractivity contribution in [1.29, 1.82) is 0 Å². The molecular formula is C21H24N2O2. The number of amides is 2. The van der Waals surface area contributed by atoms with Crippen LogP contribution in [-0.2, 0) is 6.42 Å². The number of benzene rings is 2. The fourth-order valence-electron chi connectivity index (χ4n) is 3.06. The second-order valence-corrected chi connectivity index (χ2v) is 6.87. The number of aryl methyl sites for hydroxylation is 1. The van der Waals surface area contributed by atoms with Crippen molar-refractivity contribution in [2.24, 2.45) is 5.92 Å². The topological polar surface area (TPSA) is 49.4 Å². The minimum absolute atomic E-state index is 0.0127. The van der Waals surface area contributed by atoms with E-state index in [1.165, 1.54) is 5.56 Å². The summed E-state index contributed by atoms with van der Waals surface area (Å²) in [4.78, 5) is 26.8. The van der Waals surface area contributed by atoms with Crippen LogP contribution >= 0.6 is 0 Å². The van der Waals surface area contributed by atoms with Crippen molar-refractivity contribution >= 4 is 17.5 Å². The number of anilines is 1. The van der Waals surface area contributed by atoms with Gasteiger partial charge in [-0.2, -0.15) is 0 Å². The lowest BCUT2D eigenvalue weighted by atomic mass is 10.0. The Morgan fingerprint density at radius 2 is 1.72 bits per heavy atom. The number of para-hydroxylation sites is 1. The molecule has 25 heavy (non-hydrogen) atoms. The van der Waals surface area contributed by atoms with Gasteiger partial charge in [-0.1, -0.05) is 32.0 Å². The van der Waals surface area contributed by atoms with E-state index >= 15 is 0 Å². The number of rotatable bonds is 4. The van der Waals surface area contributed by atoms with Crippen molar-refractivity contribution in [3.8, 4) is 0 Å². The molecule has 0 fully saturated rings. The smallest absolute Gasteiger partial charge is 0.258 e. The van der Waals surface area contributed by atoms with E-state index in [0.717, 1.165) is 25.1 Å². The number of hydrogen-bond acceptors (Lipinski definition) is 2. The van der Waals surface area contributed by atoms with E-state index in [0.29, 0.717) is 23.6 Å². The standard InChI is InChI=1S/C21H24N2O2/c1-15(2)14-22-20(24)17-9-11-18(12-10-17)21(25)23-13-5-7-16-6-3-4-8-19(16)23/h3-4,6,8-12,15H,5,7,13-14H2,1-2H3,(H,22,24). The molecule has 0 aliphatic carbocycles. The molecule has 1 aliphatic heterocycles. The molecule has 2 amide bonds. The molecule has 130 valence electrons. The van der Waals surface area contributed by atoms with Crippen LogP contribution in [0.2, 0.25) is 0 Å². The molecular weight excluding hydrogens is 312 g/mol. The van der Waals surface area contributed by atoms with Crippen LogP contribution in [0, 0.1) is 5.92 Å². The third-order valence-electron chi connectivity index (χ3n) is 4.42. The van der Waals surface area contributed by atoms with E-state index in [9.17, 15) is 9.59 Å². The predicted octanol–water partition coefficient (Wildman–Crippen LogP) is 3.67. The van der Waals surface area contributed by atoms with E-state index in [2.05, 4.69) is 25.2 Å². The summed E-state index contributed by atoms with van der Waals surface area (Å²) in [6.07, 6.45) is 1.98. The average Bonchev–Trinajstić information content (AvgIpc) is 2.65. The number of carbonyl (C=O) groups excluding carboxylic acids is 2. The molecule has 0 unspecified atom stereocenters. The summed E-state index contributed by atoms with van der Waals surface area (Å²) in [6, 6.07) is 15.0. The van der Waals surface area contributed by atoms with Gasteiger partial charge in [-0.25, -0.2) is 0 Å². The monoisotopic (exact) mass is 336 g/mol. The van der Waals surface area contributed by atoms with Crippen LogP contribution in [-0.4, -0.2) is 24.9 Å². The van der Waals surface area contributed by atoms with Gasteiger partial charge in [0, 0.05) is 29.9 Å². The number of carbonyl (C=O) groups is 2. The largest absolute Gasteiger partial charge is 0.352 e. The van der Waals surface area contributed by atoms with Crippen LogP contribution < -0.4 is 10.2 Å². The molecule has 0 atom stereocenters. The quantitative estimate of drug-likeness (QED) is 0.926. The Kier molecular flexibility index (Phi) is 5.17. The molecule has 0 saturated heterocycles. The second-order valence-electron chi connectivity index (χ2n) is 6.87. The van der Waals surface area contributed by atoms with Crippen LogP contribution in [0.15, 0.2) is 48.5 Å². The summed E-state index contributed by atoms with van der Waals surface area (Å²) in [6.45, 7) is 5.48. The SMILES string of the molecule is CC(C)CNC(=O)c1ccc(C(=O)N2CCCc3ccccc32)cc1. The summed E-state index contributed by atoms with van der Waals surface area (Å²) in [5.41, 5.74) is 3.40. The van der Waals surface area contributed by atoms with Crippen molar-refractivity contribution in [2.75, 3.05) is 18.0 Å². The zero-order valence-electron chi connectivity index (χ0n) is 14.8. The van der Waals surface area contributed by atoms with Gasteiger partial charge in [0.05, 0.1) is 0 Å². The van der Waals surface area contributed by atoms with Gasteiger partial charge in [0.15, 0.2) is 0 Å². The summed E-state index contributed by atoms with van der Waals surface area (Å²) >= 11 is 0. The van der Waals surface area contributed by atoms with Gasteiger partial charge in [0.1, 0.15) is 0 Å². The summed E-state index contributed by atoms with van der Waals surface area (Å²) in [7, 11) is 0. The fraction of sp³-hybridized carbons (Fsp3) is 0.333. The van der Waals surface area contributed by atoms with Crippen molar-refractivity contribution in [2.45, 2.75) is 26.7 Å². The van der Waals surface area contributed by atoms with E-state index in [1.54, 1.807) is 24.3 Å². The molecule has 3 rings (SSSR count). The molecule has 1 heterocycles. The molecule has 2 aromatic rings. The lowest BCUT2D eigenvalue weighted by Gasteiger charge is -2.29. The van der Waals surface area contributed by atoms with Crippen molar-refractivity contribution in [3.05, 3.63) is 65.2 Å². The van der Waals surface area contributed by atoms with Gasteiger partial charge < -0.3 is 10.2 Å². The van der Waals surface area contributed by atoms with Crippen LogP contribution in [0.25, 0.3) is 0 Å². The first kappa shape index (κ1) is 17.2. The summed E-state index contributed by atoms with van der Waals surface area (Å²) in [5.74, 6) is 0.293. The van der Waals surface area contributed by atoms with E-state index in [4.69, 9.17) is 0 Å². The molecule has 0 aromatic heterocycles. The van der Waals surface area contributed by atoms with E-state index in [-0.39, 0.29) is 11.8 Å². The van der Waals surface area contributed by atoms with Crippen LogP contribution in [0.4, 0.5) is 5.69 Å². The molecule has 0 bridgehead atoms. The minimum Gasteiger partial charge on any atom is -0.352 e. The van der Waals surface area contributed by atoms with Crippen molar-refractivity contribution in [3.63, 3.8) is 0 Å². The van der Waals surface area contributed by atoms with Crippen LogP contribution in [0.1, 0.15) is 46.5 Å². The molecule has 1 N–H and O–H groups in total. The predicted molar refractivity (Wildman–Crippen MR) is 100 cm³/mol. The number of fused-ring (bicyclic) bond motifs is 1. The molecule has 4 nitrogen and oxygen atoms in total. The zero-order chi connectivity index (χ0) is 17.8. The molecule has 2 aromatic carbocycles. The lowest BCUT2D eigenvalue weighted by Crippen LogP contribution is -2.35. The Morgan fingerprint density at radius 3 is 2.44 bits per heavy atom. The van der Waals surface area contributed by atoms with Gasteiger partial charge in [-0.15, -0.1) is 0 Å². The average molecular weight is 336 g/mol. The third kappa shape index (κ3) is 3.90. The van der Waals surface area contributed by atoms with E-state index < -0.39 is 0 Å². The first-order chi connectivity index (χ1) is 12.1.